The minimum absolute atomic E-state index is 0.203. The Labute approximate surface area is 176 Å². The van der Waals surface area contributed by atoms with Crippen molar-refractivity contribution in [3.63, 3.8) is 0 Å². The van der Waals surface area contributed by atoms with E-state index in [9.17, 15) is 4.79 Å². The molecule has 0 radical (unpaired) electrons. The van der Waals surface area contributed by atoms with Gasteiger partial charge in [0.25, 0.3) is 0 Å². The molecule has 5 rings (SSSR count). The number of benzene rings is 2. The van der Waals surface area contributed by atoms with Crippen LogP contribution in [0.15, 0.2) is 60.3 Å². The van der Waals surface area contributed by atoms with Gasteiger partial charge in [-0.15, -0.1) is 0 Å². The molecule has 2 aliphatic heterocycles. The summed E-state index contributed by atoms with van der Waals surface area (Å²) in [5.41, 5.74) is 10.0. The monoisotopic (exact) mass is 403 g/mol. The highest BCUT2D eigenvalue weighted by Gasteiger charge is 2.58. The Morgan fingerprint density at radius 3 is 2.53 bits per heavy atom. The summed E-state index contributed by atoms with van der Waals surface area (Å²) in [5, 5.41) is 0. The fourth-order valence-corrected chi connectivity index (χ4v) is 4.68. The van der Waals surface area contributed by atoms with Crippen LogP contribution in [0.3, 0.4) is 0 Å². The van der Waals surface area contributed by atoms with E-state index < -0.39 is 5.60 Å². The van der Waals surface area contributed by atoms with E-state index in [0.29, 0.717) is 11.3 Å². The maximum Gasteiger partial charge on any atom is 0.339 e. The highest BCUT2D eigenvalue weighted by molar-refractivity contribution is 5.96. The molecule has 3 aliphatic rings. The molecule has 1 aliphatic carbocycles. The standard InChI is InChI=1S/C24H25N3O3/c1-26(2)15-6-9-18-21(12-15)29-22-13-16(27(3)4)7-10-19(22)24(18)20-11-14(25)5-8-17(20)23(28)30-24/h5-13,18,21H,25H2,1-4H3/t18-,21-,24+/m0/s1. The molecular formula is C24H25N3O3. The predicted octanol–water partition coefficient (Wildman–Crippen LogP) is 3.14. The molecule has 154 valence electrons. The number of allylic oxidation sites excluding steroid dienone is 1. The number of rotatable bonds is 2. The number of fused-ring (bicyclic) bond motifs is 6. The van der Waals surface area contributed by atoms with Gasteiger partial charge in [-0.05, 0) is 42.5 Å². The molecule has 0 amide bonds. The van der Waals surface area contributed by atoms with Crippen LogP contribution in [0.1, 0.15) is 21.5 Å². The lowest BCUT2D eigenvalue weighted by Crippen LogP contribution is -2.48. The quantitative estimate of drug-likeness (QED) is 0.614. The summed E-state index contributed by atoms with van der Waals surface area (Å²) < 4.78 is 12.7. The molecule has 0 saturated carbocycles. The van der Waals surface area contributed by atoms with Crippen molar-refractivity contribution in [2.24, 2.45) is 5.92 Å². The first-order chi connectivity index (χ1) is 14.3. The van der Waals surface area contributed by atoms with Crippen molar-refractivity contribution >= 4 is 17.3 Å². The number of anilines is 2. The summed E-state index contributed by atoms with van der Waals surface area (Å²) >= 11 is 0. The number of esters is 1. The van der Waals surface area contributed by atoms with E-state index in [1.807, 2.05) is 62.3 Å². The lowest BCUT2D eigenvalue weighted by atomic mass is 9.70. The fourth-order valence-electron chi connectivity index (χ4n) is 4.68. The Bertz CT molecular complexity index is 1120. The minimum Gasteiger partial charge on any atom is -0.485 e. The second-order valence-electron chi connectivity index (χ2n) is 8.46. The molecular weight excluding hydrogens is 378 g/mol. The summed E-state index contributed by atoms with van der Waals surface area (Å²) in [6.45, 7) is 0. The molecule has 0 aromatic heterocycles. The molecule has 2 heterocycles. The third-order valence-corrected chi connectivity index (χ3v) is 6.21. The number of nitrogens with two attached hydrogens (primary N) is 1. The molecule has 0 fully saturated rings. The first-order valence-corrected chi connectivity index (χ1v) is 10.0. The van der Waals surface area contributed by atoms with Crippen molar-refractivity contribution < 1.29 is 14.3 Å². The molecule has 0 unspecified atom stereocenters. The summed E-state index contributed by atoms with van der Waals surface area (Å²) in [6, 6.07) is 11.4. The van der Waals surface area contributed by atoms with Gasteiger partial charge in [0, 0.05) is 62.5 Å². The maximum atomic E-state index is 12.9. The molecule has 2 aromatic carbocycles. The second kappa shape index (κ2) is 6.29. The highest BCUT2D eigenvalue weighted by Crippen LogP contribution is 2.56. The molecule has 1 spiro atoms. The van der Waals surface area contributed by atoms with Crippen molar-refractivity contribution in [3.05, 3.63) is 77.0 Å². The Morgan fingerprint density at radius 1 is 1.00 bits per heavy atom. The van der Waals surface area contributed by atoms with Gasteiger partial charge in [0.05, 0.1) is 11.5 Å². The number of likely N-dealkylation sites (N-methyl/N-ethyl adjacent to an activating group) is 1. The van der Waals surface area contributed by atoms with E-state index >= 15 is 0 Å². The predicted molar refractivity (Wildman–Crippen MR) is 117 cm³/mol. The van der Waals surface area contributed by atoms with Crippen LogP contribution in [-0.2, 0) is 10.3 Å². The van der Waals surface area contributed by atoms with Gasteiger partial charge < -0.3 is 25.0 Å². The van der Waals surface area contributed by atoms with Crippen molar-refractivity contribution in [3.8, 4) is 5.75 Å². The Hall–Kier alpha value is -3.41. The number of carbonyl (C=O) groups is 1. The number of carbonyl (C=O) groups excluding carboxylic acids is 1. The number of hydrogen-bond donors (Lipinski definition) is 1. The molecule has 2 N–H and O–H groups in total. The number of hydrogen-bond acceptors (Lipinski definition) is 6. The van der Waals surface area contributed by atoms with Gasteiger partial charge in [-0.25, -0.2) is 4.79 Å². The highest BCUT2D eigenvalue weighted by atomic mass is 16.6. The first-order valence-electron chi connectivity index (χ1n) is 10.0. The maximum absolute atomic E-state index is 12.9. The molecule has 6 nitrogen and oxygen atoms in total. The number of nitrogens with zero attached hydrogens (tertiary/aromatic N) is 2. The largest absolute Gasteiger partial charge is 0.485 e. The SMILES string of the molecule is CN(C)C1=C[C@@H]2Oc3cc(N(C)C)ccc3[C@]3(OC(=O)c4ccc(N)cc43)[C@H]2C=C1. The van der Waals surface area contributed by atoms with E-state index in [2.05, 4.69) is 18.2 Å². The molecule has 3 atom stereocenters. The van der Waals surface area contributed by atoms with Gasteiger partial charge in [-0.2, -0.15) is 0 Å². The average Bonchev–Trinajstić information content (AvgIpc) is 2.99. The van der Waals surface area contributed by atoms with E-state index in [-0.39, 0.29) is 18.0 Å². The van der Waals surface area contributed by atoms with E-state index in [4.69, 9.17) is 15.2 Å². The molecule has 30 heavy (non-hydrogen) atoms. The Balaban J connectivity index is 1.78. The lowest BCUT2D eigenvalue weighted by Gasteiger charge is -2.45. The Morgan fingerprint density at radius 2 is 1.80 bits per heavy atom. The van der Waals surface area contributed by atoms with Crippen LogP contribution in [-0.4, -0.2) is 45.2 Å². The van der Waals surface area contributed by atoms with Crippen LogP contribution in [0.25, 0.3) is 0 Å². The van der Waals surface area contributed by atoms with Crippen molar-refractivity contribution in [1.29, 1.82) is 0 Å². The number of ether oxygens (including phenoxy) is 2. The van der Waals surface area contributed by atoms with Crippen molar-refractivity contribution in [2.75, 3.05) is 38.8 Å². The zero-order valence-electron chi connectivity index (χ0n) is 17.5. The van der Waals surface area contributed by atoms with Crippen molar-refractivity contribution in [1.82, 2.24) is 4.90 Å². The second-order valence-corrected chi connectivity index (χ2v) is 8.46. The van der Waals surface area contributed by atoms with Gasteiger partial charge in [-0.3, -0.25) is 0 Å². The van der Waals surface area contributed by atoms with Gasteiger partial charge in [0.2, 0.25) is 0 Å². The van der Waals surface area contributed by atoms with Crippen LogP contribution in [0.4, 0.5) is 11.4 Å². The third kappa shape index (κ3) is 2.46. The normalized spacial score (nSPS) is 25.6. The third-order valence-electron chi connectivity index (χ3n) is 6.21. The molecule has 2 aromatic rings. The topological polar surface area (TPSA) is 68.0 Å². The van der Waals surface area contributed by atoms with Gasteiger partial charge in [0.1, 0.15) is 11.9 Å². The van der Waals surface area contributed by atoms with Crippen LogP contribution in [0.5, 0.6) is 5.75 Å². The first kappa shape index (κ1) is 18.6. The van der Waals surface area contributed by atoms with Crippen LogP contribution < -0.4 is 15.4 Å². The smallest absolute Gasteiger partial charge is 0.339 e. The van der Waals surface area contributed by atoms with E-state index in [0.717, 1.165) is 28.3 Å². The van der Waals surface area contributed by atoms with Crippen LogP contribution >= 0.6 is 0 Å². The molecule has 6 heteroatoms. The van der Waals surface area contributed by atoms with Crippen molar-refractivity contribution in [2.45, 2.75) is 11.7 Å². The van der Waals surface area contributed by atoms with Gasteiger partial charge in [0.15, 0.2) is 5.60 Å². The zero-order valence-corrected chi connectivity index (χ0v) is 17.5. The number of nitrogen functional groups attached to an aromatic ring is 1. The van der Waals surface area contributed by atoms with Crippen LogP contribution in [0.2, 0.25) is 0 Å². The zero-order chi connectivity index (χ0) is 21.2. The summed E-state index contributed by atoms with van der Waals surface area (Å²) in [6.07, 6.45) is 5.96. The lowest BCUT2D eigenvalue weighted by molar-refractivity contribution is -0.0420. The Kier molecular flexibility index (Phi) is 3.90. The molecule has 0 bridgehead atoms. The van der Waals surface area contributed by atoms with E-state index in [1.54, 1.807) is 12.1 Å². The van der Waals surface area contributed by atoms with Gasteiger partial charge >= 0.3 is 5.97 Å². The van der Waals surface area contributed by atoms with Crippen LogP contribution in [0, 0.1) is 5.92 Å². The molecule has 0 saturated heterocycles. The van der Waals surface area contributed by atoms with E-state index in [1.165, 1.54) is 0 Å². The van der Waals surface area contributed by atoms with Gasteiger partial charge in [-0.1, -0.05) is 6.08 Å². The summed E-state index contributed by atoms with van der Waals surface area (Å²) in [7, 11) is 7.97. The minimum atomic E-state index is -0.976. The summed E-state index contributed by atoms with van der Waals surface area (Å²) in [5.74, 6) is 0.185. The summed E-state index contributed by atoms with van der Waals surface area (Å²) in [4.78, 5) is 17.0. The average molecular weight is 403 g/mol. The fraction of sp³-hybridized carbons (Fsp3) is 0.292.